The molecule has 1 atom stereocenters. The topological polar surface area (TPSA) is 73.8 Å². The Kier molecular flexibility index (Phi) is 2.78. The first-order valence-corrected chi connectivity index (χ1v) is 4.89. The first kappa shape index (κ1) is 10.5. The molecule has 1 unspecified atom stereocenters. The van der Waals surface area contributed by atoms with E-state index in [2.05, 4.69) is 10.3 Å². The van der Waals surface area contributed by atoms with Gasteiger partial charge in [-0.1, -0.05) is 35.5 Å². The normalized spacial score (nSPS) is 12.4. The summed E-state index contributed by atoms with van der Waals surface area (Å²) in [7, 11) is 1.66. The van der Waals surface area contributed by atoms with E-state index < -0.39 is 6.04 Å². The van der Waals surface area contributed by atoms with E-state index in [1.165, 1.54) is 10.9 Å². The van der Waals surface area contributed by atoms with Crippen LogP contribution in [0.25, 0.3) is 0 Å². The molecule has 1 aromatic heterocycles. The number of carbonyl (C=O) groups is 1. The number of aryl methyl sites for hydroxylation is 1. The van der Waals surface area contributed by atoms with Crippen LogP contribution >= 0.6 is 0 Å². The predicted octanol–water partition coefficient (Wildman–Crippen LogP) is 0.698. The van der Waals surface area contributed by atoms with E-state index in [1.807, 2.05) is 30.3 Å². The molecule has 0 aliphatic rings. The Morgan fingerprint density at radius 3 is 2.62 bits per heavy atom. The number of aromatic nitrogens is 3. The van der Waals surface area contributed by atoms with Crippen LogP contribution in [0.15, 0.2) is 36.5 Å². The molecule has 0 radical (unpaired) electrons. The summed E-state index contributed by atoms with van der Waals surface area (Å²) in [6.45, 7) is 0. The number of rotatable bonds is 3. The van der Waals surface area contributed by atoms with Crippen molar-refractivity contribution in [2.75, 3.05) is 0 Å². The second-order valence-corrected chi connectivity index (χ2v) is 3.50. The zero-order chi connectivity index (χ0) is 11.5. The van der Waals surface area contributed by atoms with Crippen LogP contribution in [-0.4, -0.2) is 20.8 Å². The lowest BCUT2D eigenvalue weighted by molar-refractivity contribution is 0.0952. The molecule has 5 nitrogen and oxygen atoms in total. The smallest absolute Gasteiger partial charge is 0.203 e. The quantitative estimate of drug-likeness (QED) is 0.766. The van der Waals surface area contributed by atoms with Crippen LogP contribution in [0.5, 0.6) is 0 Å². The Hall–Kier alpha value is -2.01. The summed E-state index contributed by atoms with van der Waals surface area (Å²) in [5.74, 6) is -0.182. The zero-order valence-electron chi connectivity index (χ0n) is 8.87. The molecular weight excluding hydrogens is 204 g/mol. The largest absolute Gasteiger partial charge is 0.317 e. The van der Waals surface area contributed by atoms with Crippen molar-refractivity contribution in [1.29, 1.82) is 0 Å². The van der Waals surface area contributed by atoms with Gasteiger partial charge in [0, 0.05) is 7.05 Å². The van der Waals surface area contributed by atoms with E-state index in [-0.39, 0.29) is 5.78 Å². The van der Waals surface area contributed by atoms with Gasteiger partial charge in [0.15, 0.2) is 0 Å². The number of Topliss-reactive ketones (excluding diaryl/α,β-unsaturated/α-hetero) is 1. The van der Waals surface area contributed by atoms with Crippen molar-refractivity contribution in [2.45, 2.75) is 6.04 Å². The summed E-state index contributed by atoms with van der Waals surface area (Å²) in [6, 6.07) is 8.57. The SMILES string of the molecule is Cn1nncc1C(=O)C(N)c1ccccc1. The third-order valence-electron chi connectivity index (χ3n) is 2.41. The molecular formula is C11H12N4O. The Morgan fingerprint density at radius 1 is 1.38 bits per heavy atom. The van der Waals surface area contributed by atoms with Gasteiger partial charge in [-0.05, 0) is 5.56 Å². The van der Waals surface area contributed by atoms with Gasteiger partial charge < -0.3 is 5.73 Å². The fraction of sp³-hybridized carbons (Fsp3) is 0.182. The van der Waals surface area contributed by atoms with Crippen LogP contribution in [0.2, 0.25) is 0 Å². The molecule has 16 heavy (non-hydrogen) atoms. The zero-order valence-corrected chi connectivity index (χ0v) is 8.87. The maximum absolute atomic E-state index is 12.0. The molecule has 0 aliphatic carbocycles. The Bertz CT molecular complexity index is 492. The fourth-order valence-corrected chi connectivity index (χ4v) is 1.48. The Morgan fingerprint density at radius 2 is 2.06 bits per heavy atom. The molecule has 1 heterocycles. The average Bonchev–Trinajstić information content (AvgIpc) is 2.75. The van der Waals surface area contributed by atoms with Gasteiger partial charge in [0.2, 0.25) is 5.78 Å². The highest BCUT2D eigenvalue weighted by Gasteiger charge is 2.20. The minimum Gasteiger partial charge on any atom is -0.317 e. The highest BCUT2D eigenvalue weighted by molar-refractivity contribution is 5.98. The molecule has 2 N–H and O–H groups in total. The maximum atomic E-state index is 12.0. The average molecular weight is 216 g/mol. The van der Waals surface area contributed by atoms with E-state index in [0.29, 0.717) is 5.69 Å². The monoisotopic (exact) mass is 216 g/mol. The number of carbonyl (C=O) groups excluding carboxylic acids is 1. The van der Waals surface area contributed by atoms with Gasteiger partial charge in [0.1, 0.15) is 5.69 Å². The van der Waals surface area contributed by atoms with Crippen molar-refractivity contribution in [1.82, 2.24) is 15.0 Å². The fourth-order valence-electron chi connectivity index (χ4n) is 1.48. The molecule has 2 rings (SSSR count). The lowest BCUT2D eigenvalue weighted by Gasteiger charge is -2.09. The second-order valence-electron chi connectivity index (χ2n) is 3.50. The van der Waals surface area contributed by atoms with Gasteiger partial charge in [0.05, 0.1) is 12.2 Å². The van der Waals surface area contributed by atoms with Gasteiger partial charge >= 0.3 is 0 Å². The number of nitrogens with zero attached hydrogens (tertiary/aromatic N) is 3. The van der Waals surface area contributed by atoms with Gasteiger partial charge in [-0.3, -0.25) is 4.79 Å². The van der Waals surface area contributed by atoms with Gasteiger partial charge in [-0.2, -0.15) is 0 Å². The number of benzene rings is 1. The van der Waals surface area contributed by atoms with Crippen LogP contribution in [-0.2, 0) is 7.05 Å². The van der Waals surface area contributed by atoms with Crippen LogP contribution in [0, 0.1) is 0 Å². The van der Waals surface area contributed by atoms with Crippen LogP contribution in [0.3, 0.4) is 0 Å². The maximum Gasteiger partial charge on any atom is 0.203 e. The number of nitrogens with two attached hydrogens (primary N) is 1. The van der Waals surface area contributed by atoms with E-state index in [4.69, 9.17) is 5.73 Å². The molecule has 0 saturated carbocycles. The summed E-state index contributed by atoms with van der Waals surface area (Å²) in [5.41, 5.74) is 7.08. The molecule has 5 heteroatoms. The first-order chi connectivity index (χ1) is 7.70. The standard InChI is InChI=1S/C11H12N4O/c1-15-9(7-13-14-15)11(16)10(12)8-5-3-2-4-6-8/h2-7,10H,12H2,1H3. The van der Waals surface area contributed by atoms with E-state index in [9.17, 15) is 4.79 Å². The van der Waals surface area contributed by atoms with Gasteiger partial charge in [0.25, 0.3) is 0 Å². The lowest BCUT2D eigenvalue weighted by Crippen LogP contribution is -2.23. The highest BCUT2D eigenvalue weighted by atomic mass is 16.1. The van der Waals surface area contributed by atoms with Crippen LogP contribution in [0.1, 0.15) is 22.1 Å². The van der Waals surface area contributed by atoms with Crippen molar-refractivity contribution >= 4 is 5.78 Å². The number of ketones is 1. The van der Waals surface area contributed by atoms with Crippen LogP contribution in [0.4, 0.5) is 0 Å². The summed E-state index contributed by atoms with van der Waals surface area (Å²) >= 11 is 0. The molecule has 82 valence electrons. The van der Waals surface area contributed by atoms with Gasteiger partial charge in [-0.25, -0.2) is 4.68 Å². The van der Waals surface area contributed by atoms with Crippen molar-refractivity contribution < 1.29 is 4.79 Å². The molecule has 0 spiro atoms. The van der Waals surface area contributed by atoms with Crippen molar-refractivity contribution in [3.63, 3.8) is 0 Å². The van der Waals surface area contributed by atoms with Crippen LogP contribution < -0.4 is 5.73 Å². The first-order valence-electron chi connectivity index (χ1n) is 4.89. The second kappa shape index (κ2) is 4.24. The summed E-state index contributed by atoms with van der Waals surface area (Å²) in [4.78, 5) is 12.0. The van der Waals surface area contributed by atoms with Crippen molar-refractivity contribution in [3.8, 4) is 0 Å². The number of hydrogen-bond donors (Lipinski definition) is 1. The van der Waals surface area contributed by atoms with Gasteiger partial charge in [-0.15, -0.1) is 5.10 Å². The predicted molar refractivity (Wildman–Crippen MR) is 58.7 cm³/mol. The third-order valence-corrected chi connectivity index (χ3v) is 2.41. The van der Waals surface area contributed by atoms with E-state index in [0.717, 1.165) is 5.56 Å². The van der Waals surface area contributed by atoms with E-state index in [1.54, 1.807) is 7.05 Å². The lowest BCUT2D eigenvalue weighted by atomic mass is 10.0. The molecule has 0 aliphatic heterocycles. The van der Waals surface area contributed by atoms with Crippen molar-refractivity contribution in [3.05, 3.63) is 47.8 Å². The molecule has 0 bridgehead atoms. The summed E-state index contributed by atoms with van der Waals surface area (Å²) in [5, 5.41) is 7.36. The molecule has 0 amide bonds. The Balaban J connectivity index is 2.27. The molecule has 1 aromatic carbocycles. The molecule has 0 saturated heterocycles. The summed E-state index contributed by atoms with van der Waals surface area (Å²) in [6.07, 6.45) is 1.42. The number of hydrogen-bond acceptors (Lipinski definition) is 4. The third kappa shape index (κ3) is 1.85. The molecule has 0 fully saturated rings. The van der Waals surface area contributed by atoms with E-state index >= 15 is 0 Å². The minimum absolute atomic E-state index is 0.182. The molecule has 2 aromatic rings. The Labute approximate surface area is 92.9 Å². The highest BCUT2D eigenvalue weighted by Crippen LogP contribution is 2.14. The minimum atomic E-state index is -0.668. The summed E-state index contributed by atoms with van der Waals surface area (Å²) < 4.78 is 1.42. The van der Waals surface area contributed by atoms with Crippen molar-refractivity contribution in [2.24, 2.45) is 12.8 Å².